The van der Waals surface area contributed by atoms with Crippen LogP contribution in [0.5, 0.6) is 0 Å². The van der Waals surface area contributed by atoms with Crippen molar-refractivity contribution < 1.29 is 13.6 Å². The van der Waals surface area contributed by atoms with E-state index in [0.29, 0.717) is 11.4 Å². The van der Waals surface area contributed by atoms with Gasteiger partial charge in [-0.05, 0) is 36.2 Å². The Kier molecular flexibility index (Phi) is 3.98. The SMILES string of the molecule is Cc1ccc(N)c(NC(=O)Cc2ccc(F)cc2F)c1. The Balaban J connectivity index is 2.11. The first-order chi connectivity index (χ1) is 9.45. The van der Waals surface area contributed by atoms with Crippen molar-refractivity contribution in [1.82, 2.24) is 0 Å². The fourth-order valence-corrected chi connectivity index (χ4v) is 1.81. The van der Waals surface area contributed by atoms with Crippen LogP contribution >= 0.6 is 0 Å². The number of rotatable bonds is 3. The highest BCUT2D eigenvalue weighted by atomic mass is 19.1. The molecule has 0 saturated heterocycles. The summed E-state index contributed by atoms with van der Waals surface area (Å²) < 4.78 is 26.2. The van der Waals surface area contributed by atoms with Gasteiger partial charge in [0.15, 0.2) is 0 Å². The zero-order chi connectivity index (χ0) is 14.7. The summed E-state index contributed by atoms with van der Waals surface area (Å²) in [5.41, 5.74) is 7.74. The first-order valence-corrected chi connectivity index (χ1v) is 6.05. The molecule has 0 radical (unpaired) electrons. The van der Waals surface area contributed by atoms with E-state index in [4.69, 9.17) is 5.73 Å². The van der Waals surface area contributed by atoms with E-state index in [9.17, 15) is 13.6 Å². The standard InChI is InChI=1S/C15H14F2N2O/c1-9-2-5-13(18)14(6-9)19-15(20)7-10-3-4-11(16)8-12(10)17/h2-6,8H,7,18H2,1H3,(H,19,20). The number of nitrogen functional groups attached to an aromatic ring is 1. The first kappa shape index (κ1) is 14.0. The van der Waals surface area contributed by atoms with Crippen molar-refractivity contribution in [2.24, 2.45) is 0 Å². The maximum atomic E-state index is 13.4. The Morgan fingerprint density at radius 1 is 1.20 bits per heavy atom. The normalized spacial score (nSPS) is 10.3. The number of halogens is 2. The van der Waals surface area contributed by atoms with E-state index in [-0.39, 0.29) is 12.0 Å². The van der Waals surface area contributed by atoms with Crippen LogP contribution in [-0.2, 0) is 11.2 Å². The number of hydrogen-bond acceptors (Lipinski definition) is 2. The van der Waals surface area contributed by atoms with Crippen LogP contribution in [0, 0.1) is 18.6 Å². The lowest BCUT2D eigenvalue weighted by molar-refractivity contribution is -0.115. The molecule has 0 aliphatic heterocycles. The minimum Gasteiger partial charge on any atom is -0.397 e. The number of nitrogens with one attached hydrogen (secondary N) is 1. The molecule has 2 aromatic rings. The van der Waals surface area contributed by atoms with Gasteiger partial charge in [0.2, 0.25) is 5.91 Å². The molecule has 2 aromatic carbocycles. The number of carbonyl (C=O) groups excluding carboxylic acids is 1. The second kappa shape index (κ2) is 5.69. The lowest BCUT2D eigenvalue weighted by atomic mass is 10.1. The highest BCUT2D eigenvalue weighted by Crippen LogP contribution is 2.20. The number of amides is 1. The van der Waals surface area contributed by atoms with Crippen molar-refractivity contribution in [3.63, 3.8) is 0 Å². The molecule has 0 heterocycles. The summed E-state index contributed by atoms with van der Waals surface area (Å²) in [5.74, 6) is -1.82. The monoisotopic (exact) mass is 276 g/mol. The number of nitrogens with two attached hydrogens (primary N) is 1. The van der Waals surface area contributed by atoms with E-state index >= 15 is 0 Å². The van der Waals surface area contributed by atoms with Gasteiger partial charge in [-0.25, -0.2) is 8.78 Å². The van der Waals surface area contributed by atoms with E-state index in [1.807, 2.05) is 13.0 Å². The van der Waals surface area contributed by atoms with Crippen LogP contribution in [0.3, 0.4) is 0 Å². The zero-order valence-corrected chi connectivity index (χ0v) is 10.9. The summed E-state index contributed by atoms with van der Waals surface area (Å²) in [6, 6.07) is 8.36. The fraction of sp³-hybridized carbons (Fsp3) is 0.133. The van der Waals surface area contributed by atoms with Crippen molar-refractivity contribution in [2.75, 3.05) is 11.1 Å². The third kappa shape index (κ3) is 3.32. The van der Waals surface area contributed by atoms with Crippen LogP contribution < -0.4 is 11.1 Å². The molecule has 5 heteroatoms. The number of anilines is 2. The van der Waals surface area contributed by atoms with Gasteiger partial charge in [-0.2, -0.15) is 0 Å². The second-order valence-corrected chi connectivity index (χ2v) is 4.55. The van der Waals surface area contributed by atoms with Gasteiger partial charge >= 0.3 is 0 Å². The van der Waals surface area contributed by atoms with Gasteiger partial charge in [-0.3, -0.25) is 4.79 Å². The first-order valence-electron chi connectivity index (χ1n) is 6.05. The van der Waals surface area contributed by atoms with E-state index in [1.54, 1.807) is 12.1 Å². The van der Waals surface area contributed by atoms with E-state index in [2.05, 4.69) is 5.32 Å². The average Bonchev–Trinajstić information content (AvgIpc) is 2.37. The molecule has 3 N–H and O–H groups in total. The van der Waals surface area contributed by atoms with Crippen LogP contribution in [0.1, 0.15) is 11.1 Å². The van der Waals surface area contributed by atoms with E-state index in [1.165, 1.54) is 6.07 Å². The van der Waals surface area contributed by atoms with Gasteiger partial charge in [0.05, 0.1) is 17.8 Å². The predicted molar refractivity (Wildman–Crippen MR) is 74.3 cm³/mol. The summed E-state index contributed by atoms with van der Waals surface area (Å²) in [4.78, 5) is 11.9. The van der Waals surface area contributed by atoms with Crippen LogP contribution in [0.2, 0.25) is 0 Å². The van der Waals surface area contributed by atoms with E-state index in [0.717, 1.165) is 17.7 Å². The molecule has 0 saturated carbocycles. The molecule has 3 nitrogen and oxygen atoms in total. The molecule has 0 aliphatic carbocycles. The Hall–Kier alpha value is -2.43. The average molecular weight is 276 g/mol. The second-order valence-electron chi connectivity index (χ2n) is 4.55. The molecule has 0 fully saturated rings. The smallest absolute Gasteiger partial charge is 0.228 e. The molecular formula is C15H14F2N2O. The van der Waals surface area contributed by atoms with Crippen molar-refractivity contribution >= 4 is 17.3 Å². The Morgan fingerprint density at radius 3 is 2.65 bits per heavy atom. The summed E-state index contributed by atoms with van der Waals surface area (Å²) in [6.07, 6.45) is -0.181. The van der Waals surface area contributed by atoms with Crippen molar-refractivity contribution in [3.05, 3.63) is 59.2 Å². The predicted octanol–water partition coefficient (Wildman–Crippen LogP) is 3.04. The summed E-state index contributed by atoms with van der Waals surface area (Å²) >= 11 is 0. The molecule has 0 bridgehead atoms. The molecule has 2 rings (SSSR count). The molecule has 20 heavy (non-hydrogen) atoms. The number of carbonyl (C=O) groups is 1. The van der Waals surface area contributed by atoms with Gasteiger partial charge in [0, 0.05) is 6.07 Å². The topological polar surface area (TPSA) is 55.1 Å². The van der Waals surface area contributed by atoms with Crippen molar-refractivity contribution in [3.8, 4) is 0 Å². The molecule has 0 unspecified atom stereocenters. The quantitative estimate of drug-likeness (QED) is 0.847. The van der Waals surface area contributed by atoms with Crippen LogP contribution in [-0.4, -0.2) is 5.91 Å². The van der Waals surface area contributed by atoms with Crippen molar-refractivity contribution in [2.45, 2.75) is 13.3 Å². The molecule has 1 amide bonds. The largest absolute Gasteiger partial charge is 0.397 e. The highest BCUT2D eigenvalue weighted by molar-refractivity contribution is 5.95. The summed E-state index contributed by atoms with van der Waals surface area (Å²) in [7, 11) is 0. The molecule has 0 spiro atoms. The van der Waals surface area contributed by atoms with Gasteiger partial charge in [0.25, 0.3) is 0 Å². The van der Waals surface area contributed by atoms with E-state index < -0.39 is 17.5 Å². The minimum absolute atomic E-state index is 0.134. The summed E-state index contributed by atoms with van der Waals surface area (Å²) in [5, 5.41) is 2.62. The molecule has 0 aliphatic rings. The van der Waals surface area contributed by atoms with Gasteiger partial charge in [-0.1, -0.05) is 12.1 Å². The minimum atomic E-state index is -0.739. The van der Waals surface area contributed by atoms with Gasteiger partial charge in [-0.15, -0.1) is 0 Å². The molecule has 0 aromatic heterocycles. The molecular weight excluding hydrogens is 262 g/mol. The lowest BCUT2D eigenvalue weighted by Crippen LogP contribution is -2.16. The molecule has 0 atom stereocenters. The third-order valence-corrected chi connectivity index (χ3v) is 2.85. The maximum absolute atomic E-state index is 13.4. The third-order valence-electron chi connectivity index (χ3n) is 2.85. The van der Waals surface area contributed by atoms with Crippen LogP contribution in [0.25, 0.3) is 0 Å². The van der Waals surface area contributed by atoms with Crippen LogP contribution in [0.15, 0.2) is 36.4 Å². The Bertz CT molecular complexity index is 656. The maximum Gasteiger partial charge on any atom is 0.228 e. The highest BCUT2D eigenvalue weighted by Gasteiger charge is 2.10. The van der Waals surface area contributed by atoms with Gasteiger partial charge < -0.3 is 11.1 Å². The van der Waals surface area contributed by atoms with Gasteiger partial charge in [0.1, 0.15) is 11.6 Å². The number of benzene rings is 2. The molecule has 104 valence electrons. The fourth-order valence-electron chi connectivity index (χ4n) is 1.81. The number of aryl methyl sites for hydroxylation is 1. The Morgan fingerprint density at radius 2 is 1.95 bits per heavy atom. The summed E-state index contributed by atoms with van der Waals surface area (Å²) in [6.45, 7) is 1.87. The Labute approximate surface area is 115 Å². The van der Waals surface area contributed by atoms with Crippen molar-refractivity contribution in [1.29, 1.82) is 0 Å². The van der Waals surface area contributed by atoms with Crippen LogP contribution in [0.4, 0.5) is 20.2 Å². The lowest BCUT2D eigenvalue weighted by Gasteiger charge is -2.09. The number of hydrogen-bond donors (Lipinski definition) is 2. The zero-order valence-electron chi connectivity index (χ0n) is 10.9.